The highest BCUT2D eigenvalue weighted by Crippen LogP contribution is 2.40. The molecule has 17 heavy (non-hydrogen) atoms. The van der Waals surface area contributed by atoms with Crippen LogP contribution in [0.15, 0.2) is 12.2 Å². The average molecular weight is 238 g/mol. The van der Waals surface area contributed by atoms with E-state index in [4.69, 9.17) is 14.2 Å². The van der Waals surface area contributed by atoms with Gasteiger partial charge in [0.25, 0.3) is 0 Å². The van der Waals surface area contributed by atoms with Crippen molar-refractivity contribution in [2.45, 2.75) is 25.6 Å². The molecule has 94 valence electrons. The maximum Gasteiger partial charge on any atom is 0.313 e. The number of carbonyl (C=O) groups is 1. The Bertz CT molecular complexity index is 343. The molecule has 4 heteroatoms. The molecule has 0 aromatic carbocycles. The molecule has 0 aromatic rings. The first kappa shape index (κ1) is 11.2. The van der Waals surface area contributed by atoms with E-state index in [1.807, 2.05) is 6.08 Å². The lowest BCUT2D eigenvalue weighted by atomic mass is 9.82. The van der Waals surface area contributed by atoms with Crippen LogP contribution in [0.2, 0.25) is 0 Å². The van der Waals surface area contributed by atoms with Gasteiger partial charge in [-0.15, -0.1) is 0 Å². The number of hydrogen-bond acceptors (Lipinski definition) is 4. The number of carbonyl (C=O) groups excluding carboxylic acids is 1. The van der Waals surface area contributed by atoms with E-state index in [1.54, 1.807) is 0 Å². The van der Waals surface area contributed by atoms with E-state index in [1.165, 1.54) is 0 Å². The lowest BCUT2D eigenvalue weighted by molar-refractivity contribution is -0.181. The van der Waals surface area contributed by atoms with Crippen molar-refractivity contribution >= 4 is 5.97 Å². The third kappa shape index (κ3) is 2.00. The summed E-state index contributed by atoms with van der Waals surface area (Å²) in [5, 5.41) is 0. The van der Waals surface area contributed by atoms with Crippen molar-refractivity contribution in [3.8, 4) is 0 Å². The van der Waals surface area contributed by atoms with E-state index in [0.717, 1.165) is 12.8 Å². The van der Waals surface area contributed by atoms with Crippen LogP contribution in [0.1, 0.15) is 19.8 Å². The molecule has 2 heterocycles. The Balaban J connectivity index is 1.87. The van der Waals surface area contributed by atoms with Crippen molar-refractivity contribution in [1.29, 1.82) is 0 Å². The summed E-state index contributed by atoms with van der Waals surface area (Å²) in [5.74, 6) is -0.135. The van der Waals surface area contributed by atoms with Gasteiger partial charge in [0, 0.05) is 18.8 Å². The van der Waals surface area contributed by atoms with Crippen LogP contribution in [0.5, 0.6) is 0 Å². The van der Waals surface area contributed by atoms with Crippen LogP contribution < -0.4 is 0 Å². The first-order valence-electron chi connectivity index (χ1n) is 6.31. The molecule has 0 unspecified atom stereocenters. The van der Waals surface area contributed by atoms with E-state index in [-0.39, 0.29) is 17.8 Å². The Hall–Kier alpha value is -0.870. The van der Waals surface area contributed by atoms with E-state index < -0.39 is 5.79 Å². The van der Waals surface area contributed by atoms with Gasteiger partial charge in [-0.2, -0.15) is 0 Å². The third-order valence-corrected chi connectivity index (χ3v) is 3.89. The first-order valence-corrected chi connectivity index (χ1v) is 6.31. The number of rotatable bonds is 0. The molecule has 2 aliphatic heterocycles. The fraction of sp³-hybridized carbons (Fsp3) is 0.769. The quantitative estimate of drug-likeness (QED) is 0.474. The molecule has 4 nitrogen and oxygen atoms in total. The highest BCUT2D eigenvalue weighted by molar-refractivity contribution is 5.76. The van der Waals surface area contributed by atoms with Gasteiger partial charge < -0.3 is 14.2 Å². The minimum absolute atomic E-state index is 0.103. The Morgan fingerprint density at radius 3 is 2.76 bits per heavy atom. The minimum atomic E-state index is -0.485. The molecule has 0 N–H and O–H groups in total. The van der Waals surface area contributed by atoms with Gasteiger partial charge in [0.15, 0.2) is 5.79 Å². The molecule has 0 bridgehead atoms. The molecule has 2 saturated heterocycles. The second-order valence-electron chi connectivity index (χ2n) is 5.29. The normalized spacial score (nSPS) is 39.8. The maximum absolute atomic E-state index is 11.6. The monoisotopic (exact) mass is 238 g/mol. The largest absolute Gasteiger partial charge is 0.465 e. The van der Waals surface area contributed by atoms with Crippen molar-refractivity contribution in [1.82, 2.24) is 0 Å². The first-order chi connectivity index (χ1) is 8.19. The van der Waals surface area contributed by atoms with E-state index >= 15 is 0 Å². The fourth-order valence-corrected chi connectivity index (χ4v) is 3.09. The lowest BCUT2D eigenvalue weighted by Gasteiger charge is -2.33. The SMILES string of the molecule is C[C@H]1C=C[C@H]2C(=O)OC[C@@H]2CC2(C1)OCCO2. The lowest BCUT2D eigenvalue weighted by Crippen LogP contribution is -2.37. The summed E-state index contributed by atoms with van der Waals surface area (Å²) in [4.78, 5) is 11.6. The summed E-state index contributed by atoms with van der Waals surface area (Å²) in [5.41, 5.74) is 0. The van der Waals surface area contributed by atoms with Gasteiger partial charge in [0.05, 0.1) is 25.7 Å². The number of cyclic esters (lactones) is 1. The van der Waals surface area contributed by atoms with Gasteiger partial charge in [-0.1, -0.05) is 19.1 Å². The zero-order valence-electron chi connectivity index (χ0n) is 10.1. The Kier molecular flexibility index (Phi) is 2.71. The summed E-state index contributed by atoms with van der Waals surface area (Å²) >= 11 is 0. The zero-order chi connectivity index (χ0) is 11.9. The molecular formula is C13H18O4. The number of esters is 1. The Morgan fingerprint density at radius 1 is 1.24 bits per heavy atom. The van der Waals surface area contributed by atoms with Crippen LogP contribution in [-0.4, -0.2) is 31.6 Å². The molecule has 0 aromatic heterocycles. The van der Waals surface area contributed by atoms with Crippen molar-refractivity contribution in [3.05, 3.63) is 12.2 Å². The number of allylic oxidation sites excluding steroid dienone is 1. The van der Waals surface area contributed by atoms with Crippen LogP contribution in [0, 0.1) is 17.8 Å². The van der Waals surface area contributed by atoms with Crippen molar-refractivity contribution < 1.29 is 19.0 Å². The van der Waals surface area contributed by atoms with Crippen LogP contribution >= 0.6 is 0 Å². The number of ether oxygens (including phenoxy) is 3. The van der Waals surface area contributed by atoms with Gasteiger partial charge in [-0.25, -0.2) is 0 Å². The van der Waals surface area contributed by atoms with Gasteiger partial charge in [-0.05, 0) is 5.92 Å². The summed E-state index contributed by atoms with van der Waals surface area (Å²) < 4.78 is 16.8. The molecule has 3 atom stereocenters. The van der Waals surface area contributed by atoms with E-state index in [9.17, 15) is 4.79 Å². The molecule has 0 radical (unpaired) electrons. The van der Waals surface area contributed by atoms with Crippen LogP contribution in [0.4, 0.5) is 0 Å². The van der Waals surface area contributed by atoms with E-state index in [0.29, 0.717) is 25.7 Å². The third-order valence-electron chi connectivity index (χ3n) is 3.89. The smallest absolute Gasteiger partial charge is 0.313 e. The zero-order valence-corrected chi connectivity index (χ0v) is 10.1. The summed E-state index contributed by atoms with van der Waals surface area (Å²) in [6, 6.07) is 0. The van der Waals surface area contributed by atoms with Gasteiger partial charge in [0.2, 0.25) is 0 Å². The Labute approximate surface area is 101 Å². The predicted octanol–water partition coefficient (Wildman–Crippen LogP) is 1.50. The average Bonchev–Trinajstić information content (AvgIpc) is 2.84. The Morgan fingerprint density at radius 2 is 2.00 bits per heavy atom. The molecule has 1 aliphatic carbocycles. The molecule has 0 saturated carbocycles. The summed E-state index contributed by atoms with van der Waals surface area (Å²) in [6.07, 6.45) is 5.72. The standard InChI is InChI=1S/C13H18O4/c1-9-2-3-11-10(8-15-12(11)14)7-13(6-9)16-4-5-17-13/h2-3,9-11H,4-8H2,1H3/t9-,10-,11+/m0/s1. The van der Waals surface area contributed by atoms with Gasteiger partial charge >= 0.3 is 5.97 Å². The maximum atomic E-state index is 11.6. The molecule has 1 spiro atoms. The number of fused-ring (bicyclic) bond motifs is 1. The molecule has 0 amide bonds. The van der Waals surface area contributed by atoms with Crippen molar-refractivity contribution in [2.24, 2.45) is 17.8 Å². The van der Waals surface area contributed by atoms with Crippen LogP contribution in [0.25, 0.3) is 0 Å². The molecule has 3 aliphatic rings. The topological polar surface area (TPSA) is 44.8 Å². The highest BCUT2D eigenvalue weighted by Gasteiger charge is 2.46. The van der Waals surface area contributed by atoms with E-state index in [2.05, 4.69) is 13.0 Å². The van der Waals surface area contributed by atoms with Crippen molar-refractivity contribution in [3.63, 3.8) is 0 Å². The van der Waals surface area contributed by atoms with Gasteiger partial charge in [0.1, 0.15) is 0 Å². The van der Waals surface area contributed by atoms with Crippen molar-refractivity contribution in [2.75, 3.05) is 19.8 Å². The van der Waals surface area contributed by atoms with Gasteiger partial charge in [-0.3, -0.25) is 4.79 Å². The fourth-order valence-electron chi connectivity index (χ4n) is 3.09. The van der Waals surface area contributed by atoms with Crippen LogP contribution in [0.3, 0.4) is 0 Å². The molecule has 3 rings (SSSR count). The molecule has 2 fully saturated rings. The second kappa shape index (κ2) is 4.10. The number of hydrogen-bond donors (Lipinski definition) is 0. The van der Waals surface area contributed by atoms with Crippen LogP contribution in [-0.2, 0) is 19.0 Å². The summed E-state index contributed by atoms with van der Waals surface area (Å²) in [6.45, 7) is 3.94. The molecular weight excluding hydrogens is 220 g/mol. The second-order valence-corrected chi connectivity index (χ2v) is 5.29. The predicted molar refractivity (Wildman–Crippen MR) is 60.1 cm³/mol. The summed E-state index contributed by atoms with van der Waals surface area (Å²) in [7, 11) is 0. The highest BCUT2D eigenvalue weighted by atomic mass is 16.7. The minimum Gasteiger partial charge on any atom is -0.465 e.